The van der Waals surface area contributed by atoms with E-state index >= 15 is 0 Å². The molecule has 0 bridgehead atoms. The third-order valence-electron chi connectivity index (χ3n) is 5.28. The summed E-state index contributed by atoms with van der Waals surface area (Å²) >= 11 is 1.45. The van der Waals surface area contributed by atoms with E-state index in [4.69, 9.17) is 4.74 Å². The Balaban J connectivity index is 1.59. The van der Waals surface area contributed by atoms with Crippen LogP contribution in [-0.2, 0) is 4.79 Å². The summed E-state index contributed by atoms with van der Waals surface area (Å²) in [4.78, 5) is 14.7. The molecule has 1 aliphatic rings. The molecule has 0 spiro atoms. The van der Waals surface area contributed by atoms with Crippen molar-refractivity contribution in [3.05, 3.63) is 54.6 Å². The summed E-state index contributed by atoms with van der Waals surface area (Å²) in [5.74, 6) is 2.08. The van der Waals surface area contributed by atoms with Gasteiger partial charge in [0.25, 0.3) is 0 Å². The quantitative estimate of drug-likeness (QED) is 0.550. The first-order valence-electron chi connectivity index (χ1n) is 10.3. The molecule has 2 aromatic carbocycles. The van der Waals surface area contributed by atoms with Crippen LogP contribution in [0.5, 0.6) is 5.75 Å². The summed E-state index contributed by atoms with van der Waals surface area (Å²) in [6, 6.07) is 17.8. The first-order chi connectivity index (χ1) is 14.8. The maximum absolute atomic E-state index is 12.8. The van der Waals surface area contributed by atoms with Gasteiger partial charge in [0, 0.05) is 24.3 Å². The first-order valence-corrected chi connectivity index (χ1v) is 11.3. The molecule has 1 amide bonds. The molecule has 1 fully saturated rings. The zero-order chi connectivity index (χ0) is 20.8. The molecule has 0 aliphatic carbocycles. The minimum Gasteiger partial charge on any atom is -0.497 e. The molecule has 0 saturated carbocycles. The van der Waals surface area contributed by atoms with Crippen LogP contribution >= 0.6 is 11.8 Å². The van der Waals surface area contributed by atoms with Crippen LogP contribution in [-0.4, -0.2) is 51.5 Å². The number of hydrogen-bond acceptors (Lipinski definition) is 5. The molecule has 1 aromatic heterocycles. The van der Waals surface area contributed by atoms with E-state index < -0.39 is 0 Å². The molecule has 0 N–H and O–H groups in total. The van der Waals surface area contributed by atoms with Crippen molar-refractivity contribution in [2.45, 2.75) is 30.8 Å². The Hall–Kier alpha value is -2.80. The molecular formula is C23H26N4O2S. The average molecular weight is 423 g/mol. The zero-order valence-electron chi connectivity index (χ0n) is 17.2. The van der Waals surface area contributed by atoms with E-state index in [0.717, 1.165) is 53.9 Å². The van der Waals surface area contributed by atoms with Crippen LogP contribution < -0.4 is 4.74 Å². The Morgan fingerprint density at radius 1 is 0.967 bits per heavy atom. The lowest BCUT2D eigenvalue weighted by Gasteiger charge is -2.20. The number of likely N-dealkylation sites (tertiary alicyclic amines) is 1. The van der Waals surface area contributed by atoms with Gasteiger partial charge in [-0.05, 0) is 49.2 Å². The fourth-order valence-corrected chi connectivity index (χ4v) is 4.49. The highest BCUT2D eigenvalue weighted by atomic mass is 32.2. The summed E-state index contributed by atoms with van der Waals surface area (Å²) in [6.45, 7) is 1.73. The van der Waals surface area contributed by atoms with Crippen LogP contribution in [0.2, 0.25) is 0 Å². The predicted octanol–water partition coefficient (Wildman–Crippen LogP) is 4.44. The molecule has 7 heteroatoms. The highest BCUT2D eigenvalue weighted by Gasteiger charge is 2.20. The van der Waals surface area contributed by atoms with Crippen molar-refractivity contribution in [1.29, 1.82) is 0 Å². The van der Waals surface area contributed by atoms with Crippen molar-refractivity contribution in [3.8, 4) is 22.8 Å². The number of thioether (sulfide) groups is 1. The Morgan fingerprint density at radius 3 is 2.33 bits per heavy atom. The van der Waals surface area contributed by atoms with Gasteiger partial charge < -0.3 is 9.64 Å². The van der Waals surface area contributed by atoms with Gasteiger partial charge in [0.2, 0.25) is 5.91 Å². The average Bonchev–Trinajstić information content (AvgIpc) is 3.02. The Kier molecular flexibility index (Phi) is 6.69. The zero-order valence-corrected chi connectivity index (χ0v) is 18.0. The molecular weight excluding hydrogens is 396 g/mol. The van der Waals surface area contributed by atoms with Crippen molar-refractivity contribution in [2.24, 2.45) is 0 Å². The van der Waals surface area contributed by atoms with Crippen LogP contribution in [0.25, 0.3) is 17.1 Å². The van der Waals surface area contributed by atoms with Gasteiger partial charge in [0.15, 0.2) is 11.0 Å². The standard InChI is InChI=1S/C23H26N4O2S/c1-29-20-13-11-18(12-14-20)22-24-25-23(27(22)19-9-5-4-6-10-19)30-17-21(28)26-15-7-2-3-8-16-26/h4-6,9-14H,2-3,7-8,15-17H2,1H3. The SMILES string of the molecule is COc1ccc(-c2nnc(SCC(=O)N3CCCCCC3)n2-c2ccccc2)cc1. The first kappa shape index (κ1) is 20.5. The van der Waals surface area contributed by atoms with Crippen LogP contribution in [0, 0.1) is 0 Å². The lowest BCUT2D eigenvalue weighted by atomic mass is 10.2. The minimum atomic E-state index is 0.176. The molecule has 156 valence electrons. The molecule has 4 rings (SSSR count). The third kappa shape index (κ3) is 4.67. The smallest absolute Gasteiger partial charge is 0.233 e. The number of rotatable bonds is 6. The monoisotopic (exact) mass is 422 g/mol. The van der Waals surface area contributed by atoms with E-state index in [1.165, 1.54) is 24.6 Å². The van der Waals surface area contributed by atoms with Crippen LogP contribution in [0.1, 0.15) is 25.7 Å². The van der Waals surface area contributed by atoms with Gasteiger partial charge in [0.1, 0.15) is 5.75 Å². The van der Waals surface area contributed by atoms with Gasteiger partial charge in [-0.3, -0.25) is 9.36 Å². The molecule has 1 saturated heterocycles. The summed E-state index contributed by atoms with van der Waals surface area (Å²) < 4.78 is 7.28. The summed E-state index contributed by atoms with van der Waals surface area (Å²) in [6.07, 6.45) is 4.62. The molecule has 1 aliphatic heterocycles. The maximum Gasteiger partial charge on any atom is 0.233 e. The molecule has 30 heavy (non-hydrogen) atoms. The van der Waals surface area contributed by atoms with Gasteiger partial charge in [-0.15, -0.1) is 10.2 Å². The van der Waals surface area contributed by atoms with E-state index in [9.17, 15) is 4.79 Å². The number of hydrogen-bond donors (Lipinski definition) is 0. The topological polar surface area (TPSA) is 60.3 Å². The lowest BCUT2D eigenvalue weighted by Crippen LogP contribution is -2.33. The molecule has 6 nitrogen and oxygen atoms in total. The number of nitrogens with zero attached hydrogens (tertiary/aromatic N) is 4. The van der Waals surface area contributed by atoms with Crippen molar-refractivity contribution < 1.29 is 9.53 Å². The van der Waals surface area contributed by atoms with Crippen molar-refractivity contribution in [2.75, 3.05) is 26.0 Å². The van der Waals surface area contributed by atoms with Gasteiger partial charge in [-0.25, -0.2) is 0 Å². The van der Waals surface area contributed by atoms with Gasteiger partial charge in [-0.1, -0.05) is 42.8 Å². The molecule has 3 aromatic rings. The van der Waals surface area contributed by atoms with E-state index in [1.807, 2.05) is 64.1 Å². The van der Waals surface area contributed by atoms with Crippen LogP contribution in [0.4, 0.5) is 0 Å². The molecule has 0 radical (unpaired) electrons. The van der Waals surface area contributed by atoms with E-state index in [1.54, 1.807) is 7.11 Å². The van der Waals surface area contributed by atoms with Gasteiger partial charge >= 0.3 is 0 Å². The fraction of sp³-hybridized carbons (Fsp3) is 0.348. The Morgan fingerprint density at radius 2 is 1.67 bits per heavy atom. The third-order valence-corrected chi connectivity index (χ3v) is 6.19. The summed E-state index contributed by atoms with van der Waals surface area (Å²) in [7, 11) is 1.65. The summed E-state index contributed by atoms with van der Waals surface area (Å²) in [5, 5.41) is 9.59. The molecule has 0 unspecified atom stereocenters. The number of benzene rings is 2. The van der Waals surface area contributed by atoms with Crippen molar-refractivity contribution >= 4 is 17.7 Å². The summed E-state index contributed by atoms with van der Waals surface area (Å²) in [5.41, 5.74) is 1.91. The maximum atomic E-state index is 12.8. The normalized spacial score (nSPS) is 14.4. The number of aromatic nitrogens is 3. The van der Waals surface area contributed by atoms with Crippen molar-refractivity contribution in [3.63, 3.8) is 0 Å². The second kappa shape index (κ2) is 9.80. The number of para-hydroxylation sites is 1. The van der Waals surface area contributed by atoms with E-state index in [2.05, 4.69) is 10.2 Å². The van der Waals surface area contributed by atoms with Crippen molar-refractivity contribution in [1.82, 2.24) is 19.7 Å². The lowest BCUT2D eigenvalue weighted by molar-refractivity contribution is -0.128. The second-order valence-corrected chi connectivity index (χ2v) is 8.23. The highest BCUT2D eigenvalue weighted by Crippen LogP contribution is 2.29. The van der Waals surface area contributed by atoms with Crippen LogP contribution in [0.3, 0.4) is 0 Å². The van der Waals surface area contributed by atoms with Gasteiger partial charge in [-0.2, -0.15) is 0 Å². The Bertz CT molecular complexity index is 965. The fourth-order valence-electron chi connectivity index (χ4n) is 3.64. The second-order valence-electron chi connectivity index (χ2n) is 7.29. The number of carbonyl (C=O) groups excluding carboxylic acids is 1. The van der Waals surface area contributed by atoms with E-state index in [0.29, 0.717) is 5.75 Å². The number of carbonyl (C=O) groups is 1. The Labute approximate surface area is 181 Å². The van der Waals surface area contributed by atoms with E-state index in [-0.39, 0.29) is 5.91 Å². The predicted molar refractivity (Wildman–Crippen MR) is 119 cm³/mol. The van der Waals surface area contributed by atoms with Gasteiger partial charge in [0.05, 0.1) is 12.9 Å². The molecule has 2 heterocycles. The van der Waals surface area contributed by atoms with Crippen LogP contribution in [0.15, 0.2) is 59.8 Å². The largest absolute Gasteiger partial charge is 0.497 e. The molecule has 0 atom stereocenters. The number of methoxy groups -OCH3 is 1. The number of ether oxygens (including phenoxy) is 1. The highest BCUT2D eigenvalue weighted by molar-refractivity contribution is 7.99. The number of amides is 1. The minimum absolute atomic E-state index is 0.176.